The van der Waals surface area contributed by atoms with Crippen LogP contribution >= 0.6 is 0 Å². The number of fused-ring (bicyclic) bond motifs is 1. The second kappa shape index (κ2) is 11.4. The van der Waals surface area contributed by atoms with Crippen LogP contribution in [-0.2, 0) is 19.1 Å². The Morgan fingerprint density at radius 1 is 1.18 bits per heavy atom. The summed E-state index contributed by atoms with van der Waals surface area (Å²) < 4.78 is 12.2. The highest BCUT2D eigenvalue weighted by molar-refractivity contribution is 6.05. The van der Waals surface area contributed by atoms with Crippen molar-refractivity contribution >= 4 is 23.4 Å². The zero-order valence-corrected chi connectivity index (χ0v) is 24.3. The Kier molecular flexibility index (Phi) is 8.47. The van der Waals surface area contributed by atoms with Gasteiger partial charge in [-0.15, -0.1) is 13.2 Å². The van der Waals surface area contributed by atoms with Crippen molar-refractivity contribution in [1.29, 1.82) is 0 Å². The van der Waals surface area contributed by atoms with E-state index in [9.17, 15) is 19.5 Å². The lowest BCUT2D eigenvalue weighted by atomic mass is 9.64. The van der Waals surface area contributed by atoms with E-state index in [1.807, 2.05) is 20.8 Å². The molecule has 0 radical (unpaired) electrons. The molecule has 3 heterocycles. The fourth-order valence-electron chi connectivity index (χ4n) is 7.17. The van der Waals surface area contributed by atoms with E-state index in [1.165, 1.54) is 4.90 Å². The van der Waals surface area contributed by atoms with Crippen molar-refractivity contribution < 1.29 is 29.0 Å². The highest BCUT2D eigenvalue weighted by Gasteiger charge is 2.79. The van der Waals surface area contributed by atoms with Gasteiger partial charge >= 0.3 is 0 Å². The second-order valence-electron chi connectivity index (χ2n) is 11.5. The van der Waals surface area contributed by atoms with E-state index in [0.717, 1.165) is 0 Å². The molecule has 9 heteroatoms. The number of anilines is 1. The number of methoxy groups -OCH3 is 1. The van der Waals surface area contributed by atoms with Gasteiger partial charge in [0.2, 0.25) is 11.8 Å². The van der Waals surface area contributed by atoms with Crippen molar-refractivity contribution in [2.75, 3.05) is 38.8 Å². The van der Waals surface area contributed by atoms with Crippen molar-refractivity contribution in [2.45, 2.75) is 63.3 Å². The Morgan fingerprint density at radius 2 is 1.82 bits per heavy atom. The maximum atomic E-state index is 14.7. The van der Waals surface area contributed by atoms with E-state index in [2.05, 4.69) is 13.2 Å². The van der Waals surface area contributed by atoms with Gasteiger partial charge in [0.15, 0.2) is 0 Å². The first-order valence-electron chi connectivity index (χ1n) is 14.1. The van der Waals surface area contributed by atoms with Gasteiger partial charge in [-0.25, -0.2) is 0 Å². The van der Waals surface area contributed by atoms with Crippen LogP contribution in [0.25, 0.3) is 0 Å². The van der Waals surface area contributed by atoms with Crippen molar-refractivity contribution in [1.82, 2.24) is 9.80 Å². The highest BCUT2D eigenvalue weighted by Crippen LogP contribution is 2.65. The Labute approximate surface area is 237 Å². The summed E-state index contributed by atoms with van der Waals surface area (Å²) in [7, 11) is 3.28. The van der Waals surface area contributed by atoms with Crippen LogP contribution in [0.2, 0.25) is 0 Å². The van der Waals surface area contributed by atoms with Gasteiger partial charge in [-0.2, -0.15) is 0 Å². The van der Waals surface area contributed by atoms with E-state index < -0.39 is 35.1 Å². The minimum absolute atomic E-state index is 0.136. The summed E-state index contributed by atoms with van der Waals surface area (Å²) in [6.45, 7) is 13.7. The molecule has 0 aliphatic carbocycles. The molecule has 1 aromatic carbocycles. The number of ether oxygens (including phenoxy) is 2. The number of likely N-dealkylation sites (N-methyl/N-ethyl adjacent to an activating group) is 1. The molecule has 40 heavy (non-hydrogen) atoms. The Balaban J connectivity index is 1.87. The first-order chi connectivity index (χ1) is 19.1. The van der Waals surface area contributed by atoms with Crippen LogP contribution in [0, 0.1) is 17.8 Å². The largest absolute Gasteiger partial charge is 0.497 e. The molecule has 3 aliphatic heterocycles. The normalized spacial score (nSPS) is 29.3. The predicted octanol–water partition coefficient (Wildman–Crippen LogP) is 3.03. The van der Waals surface area contributed by atoms with Gasteiger partial charge in [0.1, 0.15) is 17.4 Å². The van der Waals surface area contributed by atoms with Gasteiger partial charge in [0, 0.05) is 25.8 Å². The third-order valence-electron chi connectivity index (χ3n) is 9.17. The molecule has 9 nitrogen and oxygen atoms in total. The van der Waals surface area contributed by atoms with Crippen molar-refractivity contribution in [2.24, 2.45) is 17.8 Å². The Bertz CT molecular complexity index is 1150. The predicted molar refractivity (Wildman–Crippen MR) is 153 cm³/mol. The van der Waals surface area contributed by atoms with Crippen LogP contribution in [0.5, 0.6) is 5.75 Å². The monoisotopic (exact) mass is 553 g/mol. The molecular weight excluding hydrogens is 510 g/mol. The molecule has 218 valence electrons. The van der Waals surface area contributed by atoms with Crippen LogP contribution in [0.1, 0.15) is 40.0 Å². The second-order valence-corrected chi connectivity index (χ2v) is 11.5. The van der Waals surface area contributed by atoms with Gasteiger partial charge in [-0.1, -0.05) is 32.9 Å². The Hall–Kier alpha value is -3.17. The smallest absolute Gasteiger partial charge is 0.253 e. The molecule has 1 aromatic rings. The van der Waals surface area contributed by atoms with E-state index in [0.29, 0.717) is 37.2 Å². The maximum absolute atomic E-state index is 14.7. The maximum Gasteiger partial charge on any atom is 0.253 e. The third kappa shape index (κ3) is 4.43. The van der Waals surface area contributed by atoms with Crippen LogP contribution < -0.4 is 9.64 Å². The minimum Gasteiger partial charge on any atom is -0.497 e. The number of carbonyl (C=O) groups is 3. The summed E-state index contributed by atoms with van der Waals surface area (Å²) in [5.41, 5.74) is -1.40. The number of rotatable bonds is 12. The topological polar surface area (TPSA) is 99.6 Å². The summed E-state index contributed by atoms with van der Waals surface area (Å²) in [5.74, 6) is -1.85. The lowest BCUT2D eigenvalue weighted by molar-refractivity contribution is -0.153. The molecule has 4 rings (SSSR count). The van der Waals surface area contributed by atoms with Crippen LogP contribution in [0.3, 0.4) is 0 Å². The summed E-state index contributed by atoms with van der Waals surface area (Å²) >= 11 is 0. The third-order valence-corrected chi connectivity index (χ3v) is 9.17. The van der Waals surface area contributed by atoms with Crippen molar-refractivity contribution in [3.05, 3.63) is 49.6 Å². The fraction of sp³-hybridized carbons (Fsp3) is 0.581. The number of benzene rings is 1. The van der Waals surface area contributed by atoms with Gasteiger partial charge < -0.3 is 29.3 Å². The van der Waals surface area contributed by atoms with Crippen molar-refractivity contribution in [3.63, 3.8) is 0 Å². The van der Waals surface area contributed by atoms with Crippen LogP contribution in [-0.4, -0.2) is 89.8 Å². The number of nitrogens with zero attached hydrogens (tertiary/aromatic N) is 3. The molecule has 3 fully saturated rings. The number of hydrogen-bond donors (Lipinski definition) is 1. The molecule has 1 N–H and O–H groups in total. The molecule has 1 spiro atoms. The highest BCUT2D eigenvalue weighted by atomic mass is 16.5. The molecule has 2 unspecified atom stereocenters. The number of hydrogen-bond acceptors (Lipinski definition) is 6. The van der Waals surface area contributed by atoms with Gasteiger partial charge in [-0.05, 0) is 49.4 Å². The SMILES string of the molecule is C=CCN(C)C(=O)[C@H]1[C@H]2C(=O)N([C@@H](CO)C(C)C)C(C(=O)N(CC=C)c3ccc(OC)cc3)C23CC[C@]1(CC)O3. The summed E-state index contributed by atoms with van der Waals surface area (Å²) in [6, 6.07) is 5.50. The first kappa shape index (κ1) is 29.8. The number of aliphatic hydroxyl groups excluding tert-OH is 1. The summed E-state index contributed by atoms with van der Waals surface area (Å²) in [5, 5.41) is 10.5. The lowest BCUT2D eigenvalue weighted by Gasteiger charge is -2.40. The van der Waals surface area contributed by atoms with Gasteiger partial charge in [0.25, 0.3) is 5.91 Å². The molecule has 0 saturated carbocycles. The Morgan fingerprint density at radius 3 is 2.35 bits per heavy atom. The molecule has 6 atom stereocenters. The number of aliphatic hydroxyl groups is 1. The molecular formula is C31H43N3O6. The molecule has 3 saturated heterocycles. The standard InChI is InChI=1S/C31H43N3O6/c1-8-17-32(6)27(36)24-25-28(37)34(23(19-35)20(4)5)26(31(25)16-15-30(24,10-3)40-31)29(38)33(18-9-2)21-11-13-22(39-7)14-12-21/h8-9,11-14,20,23-26,35H,1-2,10,15-19H2,3-7H3/t23-,24+,25-,26?,30-,31?/m0/s1. The number of likely N-dealkylation sites (tertiary alicyclic amines) is 1. The van der Waals surface area contributed by atoms with Crippen molar-refractivity contribution in [3.8, 4) is 5.75 Å². The van der Waals surface area contributed by atoms with Gasteiger partial charge in [0.05, 0.1) is 37.2 Å². The first-order valence-corrected chi connectivity index (χ1v) is 14.1. The van der Waals surface area contributed by atoms with Gasteiger partial charge in [-0.3, -0.25) is 14.4 Å². The average molecular weight is 554 g/mol. The molecule has 3 aliphatic rings. The average Bonchev–Trinajstić information content (AvgIpc) is 3.55. The van der Waals surface area contributed by atoms with E-state index >= 15 is 0 Å². The molecule has 0 aromatic heterocycles. The zero-order valence-electron chi connectivity index (χ0n) is 24.3. The minimum atomic E-state index is -1.19. The number of amides is 3. The fourth-order valence-corrected chi connectivity index (χ4v) is 7.17. The molecule has 3 amide bonds. The quantitative estimate of drug-likeness (QED) is 0.400. The van der Waals surface area contributed by atoms with E-state index in [-0.39, 0.29) is 36.8 Å². The van der Waals surface area contributed by atoms with Crippen LogP contribution in [0.4, 0.5) is 5.69 Å². The summed E-state index contributed by atoms with van der Waals surface area (Å²) in [6.07, 6.45) is 4.87. The van der Waals surface area contributed by atoms with E-state index in [4.69, 9.17) is 9.47 Å². The zero-order chi connectivity index (χ0) is 29.4. The van der Waals surface area contributed by atoms with Crippen LogP contribution in [0.15, 0.2) is 49.6 Å². The van der Waals surface area contributed by atoms with E-state index in [1.54, 1.807) is 60.4 Å². The summed E-state index contributed by atoms with van der Waals surface area (Å²) in [4.78, 5) is 47.8. The lowest BCUT2D eigenvalue weighted by Crippen LogP contribution is -2.60. The number of carbonyl (C=O) groups excluding carboxylic acids is 3. The molecule has 2 bridgehead atoms.